The molecule has 0 radical (unpaired) electrons. The first-order chi connectivity index (χ1) is 12.6. The SMILES string of the molecule is COc1ccccc1C[C@@H](C)N(C)C(=O)c1ccc(-n2cnnc2)cc1. The molecule has 3 rings (SSSR count). The molecular weight excluding hydrogens is 328 g/mol. The number of benzene rings is 2. The number of rotatable bonds is 6. The van der Waals surface area contributed by atoms with Crippen LogP contribution in [-0.4, -0.2) is 45.8 Å². The third-order valence-electron chi connectivity index (χ3n) is 4.52. The minimum atomic E-state index is -0.0114. The summed E-state index contributed by atoms with van der Waals surface area (Å²) in [6, 6.07) is 15.3. The first-order valence-corrected chi connectivity index (χ1v) is 8.44. The fraction of sp³-hybridized carbons (Fsp3) is 0.250. The summed E-state index contributed by atoms with van der Waals surface area (Å²) >= 11 is 0. The van der Waals surface area contributed by atoms with Gasteiger partial charge in [0.1, 0.15) is 18.4 Å². The van der Waals surface area contributed by atoms with E-state index in [9.17, 15) is 4.79 Å². The van der Waals surface area contributed by atoms with E-state index < -0.39 is 0 Å². The second-order valence-electron chi connectivity index (χ2n) is 6.20. The number of likely N-dealkylation sites (N-methyl/N-ethyl adjacent to an activating group) is 1. The summed E-state index contributed by atoms with van der Waals surface area (Å²) in [5, 5.41) is 7.58. The fourth-order valence-corrected chi connectivity index (χ4v) is 2.84. The molecule has 6 heteroatoms. The Morgan fingerprint density at radius 3 is 2.42 bits per heavy atom. The van der Waals surface area contributed by atoms with Gasteiger partial charge in [-0.3, -0.25) is 9.36 Å². The highest BCUT2D eigenvalue weighted by Gasteiger charge is 2.19. The molecule has 134 valence electrons. The Morgan fingerprint density at radius 1 is 1.12 bits per heavy atom. The van der Waals surface area contributed by atoms with Crippen molar-refractivity contribution >= 4 is 5.91 Å². The van der Waals surface area contributed by atoms with Crippen molar-refractivity contribution < 1.29 is 9.53 Å². The Kier molecular flexibility index (Phi) is 5.31. The maximum Gasteiger partial charge on any atom is 0.253 e. The van der Waals surface area contributed by atoms with E-state index in [-0.39, 0.29) is 11.9 Å². The molecule has 0 saturated carbocycles. The van der Waals surface area contributed by atoms with Gasteiger partial charge in [-0.1, -0.05) is 18.2 Å². The normalized spacial score (nSPS) is 11.8. The zero-order valence-electron chi connectivity index (χ0n) is 15.2. The summed E-state index contributed by atoms with van der Waals surface area (Å²) in [5.74, 6) is 0.834. The summed E-state index contributed by atoms with van der Waals surface area (Å²) in [6.45, 7) is 2.04. The number of aromatic nitrogens is 3. The highest BCUT2D eigenvalue weighted by molar-refractivity contribution is 5.94. The van der Waals surface area contributed by atoms with Gasteiger partial charge in [-0.05, 0) is 49.2 Å². The number of hydrogen-bond donors (Lipinski definition) is 0. The van der Waals surface area contributed by atoms with Gasteiger partial charge in [0, 0.05) is 24.3 Å². The van der Waals surface area contributed by atoms with Crippen molar-refractivity contribution in [2.75, 3.05) is 14.2 Å². The third kappa shape index (κ3) is 3.74. The van der Waals surface area contributed by atoms with Crippen molar-refractivity contribution in [1.82, 2.24) is 19.7 Å². The topological polar surface area (TPSA) is 60.2 Å². The van der Waals surface area contributed by atoms with Gasteiger partial charge < -0.3 is 9.64 Å². The number of carbonyl (C=O) groups excluding carboxylic acids is 1. The zero-order valence-corrected chi connectivity index (χ0v) is 15.2. The van der Waals surface area contributed by atoms with Gasteiger partial charge >= 0.3 is 0 Å². The number of ether oxygens (including phenoxy) is 1. The number of methoxy groups -OCH3 is 1. The molecule has 0 bridgehead atoms. The molecule has 2 aromatic carbocycles. The standard InChI is InChI=1S/C20H22N4O2/c1-15(12-17-6-4-5-7-19(17)26-3)23(2)20(25)16-8-10-18(11-9-16)24-13-21-22-14-24/h4-11,13-15H,12H2,1-3H3/t15-/m1/s1. The smallest absolute Gasteiger partial charge is 0.253 e. The predicted octanol–water partition coefficient (Wildman–Crippen LogP) is 2.98. The average Bonchev–Trinajstić information content (AvgIpc) is 3.22. The molecule has 3 aromatic rings. The van der Waals surface area contributed by atoms with E-state index >= 15 is 0 Å². The Labute approximate surface area is 153 Å². The molecule has 1 atom stereocenters. The largest absolute Gasteiger partial charge is 0.496 e. The van der Waals surface area contributed by atoms with Gasteiger partial charge in [0.05, 0.1) is 7.11 Å². The van der Waals surface area contributed by atoms with Crippen LogP contribution in [0.25, 0.3) is 5.69 Å². The predicted molar refractivity (Wildman–Crippen MR) is 99.6 cm³/mol. The molecule has 1 amide bonds. The lowest BCUT2D eigenvalue weighted by molar-refractivity contribution is 0.0743. The van der Waals surface area contributed by atoms with Crippen LogP contribution in [0.2, 0.25) is 0 Å². The Hall–Kier alpha value is -3.15. The first kappa shape index (κ1) is 17.7. The lowest BCUT2D eigenvalue weighted by atomic mass is 10.0. The molecule has 1 aromatic heterocycles. The second-order valence-corrected chi connectivity index (χ2v) is 6.20. The van der Waals surface area contributed by atoms with E-state index in [1.807, 2.05) is 62.5 Å². The van der Waals surface area contributed by atoms with Crippen molar-refractivity contribution in [3.05, 3.63) is 72.3 Å². The van der Waals surface area contributed by atoms with Crippen molar-refractivity contribution in [3.8, 4) is 11.4 Å². The highest BCUT2D eigenvalue weighted by Crippen LogP contribution is 2.21. The average molecular weight is 350 g/mol. The Balaban J connectivity index is 1.70. The molecule has 0 spiro atoms. The summed E-state index contributed by atoms with van der Waals surface area (Å²) < 4.78 is 7.20. The van der Waals surface area contributed by atoms with Crippen molar-refractivity contribution in [1.29, 1.82) is 0 Å². The quantitative estimate of drug-likeness (QED) is 0.686. The van der Waals surface area contributed by atoms with E-state index in [0.717, 1.165) is 23.4 Å². The second kappa shape index (κ2) is 7.82. The van der Waals surface area contributed by atoms with E-state index in [1.54, 1.807) is 29.2 Å². The zero-order chi connectivity index (χ0) is 18.5. The number of nitrogens with zero attached hydrogens (tertiary/aromatic N) is 4. The van der Waals surface area contributed by atoms with Crippen LogP contribution in [0.15, 0.2) is 61.2 Å². The maximum absolute atomic E-state index is 12.8. The molecule has 0 aliphatic rings. The van der Waals surface area contributed by atoms with Crippen molar-refractivity contribution in [3.63, 3.8) is 0 Å². The summed E-state index contributed by atoms with van der Waals surface area (Å²) in [7, 11) is 3.49. The maximum atomic E-state index is 12.8. The van der Waals surface area contributed by atoms with Gasteiger partial charge in [0.2, 0.25) is 0 Å². The van der Waals surface area contributed by atoms with Crippen molar-refractivity contribution in [2.24, 2.45) is 0 Å². The van der Waals surface area contributed by atoms with Crippen LogP contribution in [0.3, 0.4) is 0 Å². The van der Waals surface area contributed by atoms with Crippen LogP contribution in [0.5, 0.6) is 5.75 Å². The molecule has 26 heavy (non-hydrogen) atoms. The van der Waals surface area contributed by atoms with E-state index in [1.165, 1.54) is 0 Å². The van der Waals surface area contributed by atoms with E-state index in [4.69, 9.17) is 4.74 Å². The van der Waals surface area contributed by atoms with Crippen LogP contribution in [0.4, 0.5) is 0 Å². The van der Waals surface area contributed by atoms with Gasteiger partial charge in [0.25, 0.3) is 5.91 Å². The molecule has 0 aliphatic carbocycles. The Morgan fingerprint density at radius 2 is 1.77 bits per heavy atom. The van der Waals surface area contributed by atoms with E-state index in [0.29, 0.717) is 5.56 Å². The lowest BCUT2D eigenvalue weighted by Gasteiger charge is -2.26. The van der Waals surface area contributed by atoms with Crippen LogP contribution in [-0.2, 0) is 6.42 Å². The summed E-state index contributed by atoms with van der Waals surface area (Å²) in [5.41, 5.74) is 2.65. The van der Waals surface area contributed by atoms with Gasteiger partial charge in [-0.15, -0.1) is 10.2 Å². The van der Waals surface area contributed by atoms with Gasteiger partial charge in [0.15, 0.2) is 0 Å². The number of amides is 1. The monoisotopic (exact) mass is 350 g/mol. The molecule has 0 unspecified atom stereocenters. The van der Waals surface area contributed by atoms with Gasteiger partial charge in [-0.25, -0.2) is 0 Å². The molecule has 0 aliphatic heterocycles. The molecule has 0 N–H and O–H groups in total. The van der Waals surface area contributed by atoms with Crippen LogP contribution < -0.4 is 4.74 Å². The fourth-order valence-electron chi connectivity index (χ4n) is 2.84. The molecule has 6 nitrogen and oxygen atoms in total. The molecule has 1 heterocycles. The van der Waals surface area contributed by atoms with Gasteiger partial charge in [-0.2, -0.15) is 0 Å². The first-order valence-electron chi connectivity index (χ1n) is 8.44. The Bertz CT molecular complexity index is 860. The molecule has 0 fully saturated rings. The number of hydrogen-bond acceptors (Lipinski definition) is 4. The third-order valence-corrected chi connectivity index (χ3v) is 4.52. The number of carbonyl (C=O) groups is 1. The molecular formula is C20H22N4O2. The molecule has 0 saturated heterocycles. The van der Waals surface area contributed by atoms with Crippen LogP contribution in [0, 0.1) is 0 Å². The summed E-state index contributed by atoms with van der Waals surface area (Å²) in [4.78, 5) is 14.6. The van der Waals surface area contributed by atoms with Crippen LogP contribution >= 0.6 is 0 Å². The van der Waals surface area contributed by atoms with Crippen LogP contribution in [0.1, 0.15) is 22.8 Å². The minimum Gasteiger partial charge on any atom is -0.496 e. The summed E-state index contributed by atoms with van der Waals surface area (Å²) in [6.07, 6.45) is 3.97. The van der Waals surface area contributed by atoms with Crippen molar-refractivity contribution in [2.45, 2.75) is 19.4 Å². The number of para-hydroxylation sites is 1. The highest BCUT2D eigenvalue weighted by atomic mass is 16.5. The lowest BCUT2D eigenvalue weighted by Crippen LogP contribution is -2.36. The minimum absolute atomic E-state index is 0.0114. The van der Waals surface area contributed by atoms with E-state index in [2.05, 4.69) is 10.2 Å².